The monoisotopic (exact) mass is 609 g/mol. The van der Waals surface area contributed by atoms with Crippen LogP contribution in [0.15, 0.2) is 36.5 Å². The summed E-state index contributed by atoms with van der Waals surface area (Å²) in [5.74, 6) is 0.416. The first-order valence-electron chi connectivity index (χ1n) is 15.5. The number of halogens is 3. The lowest BCUT2D eigenvalue weighted by atomic mass is 9.72. The predicted molar refractivity (Wildman–Crippen MR) is 162 cm³/mol. The fourth-order valence-corrected chi connectivity index (χ4v) is 7.16. The lowest BCUT2D eigenvalue weighted by molar-refractivity contribution is -0.150. The summed E-state index contributed by atoms with van der Waals surface area (Å²) in [5.41, 5.74) is 0.358. The van der Waals surface area contributed by atoms with Gasteiger partial charge in [-0.25, -0.2) is 9.83 Å². The van der Waals surface area contributed by atoms with Gasteiger partial charge in [-0.1, -0.05) is 6.07 Å². The molecule has 4 saturated heterocycles. The van der Waals surface area contributed by atoms with E-state index in [1.807, 2.05) is 11.0 Å². The molecule has 4 aliphatic heterocycles. The number of hydrogen-bond donors (Lipinski definition) is 2. The molecule has 5 heterocycles. The summed E-state index contributed by atoms with van der Waals surface area (Å²) in [6, 6.07) is 7.49. The zero-order valence-electron chi connectivity index (χ0n) is 24.7. The van der Waals surface area contributed by atoms with Crippen LogP contribution in [0.4, 0.5) is 36.1 Å². The Morgan fingerprint density at radius 1 is 0.932 bits per heavy atom. The molecule has 0 bridgehead atoms. The zero-order valence-corrected chi connectivity index (χ0v) is 24.7. The summed E-state index contributed by atoms with van der Waals surface area (Å²) < 4.78 is 40.2. The van der Waals surface area contributed by atoms with Gasteiger partial charge >= 0.3 is 6.18 Å². The van der Waals surface area contributed by atoms with Crippen molar-refractivity contribution in [1.82, 2.24) is 15.2 Å². The van der Waals surface area contributed by atoms with Crippen LogP contribution in [0.25, 0.3) is 4.85 Å². The number of anilines is 3. The molecule has 1 aromatic carbocycles. The van der Waals surface area contributed by atoms with Crippen LogP contribution in [0.2, 0.25) is 0 Å². The van der Waals surface area contributed by atoms with Gasteiger partial charge in [0.1, 0.15) is 5.82 Å². The Balaban J connectivity index is 0.954. The van der Waals surface area contributed by atoms with E-state index in [0.717, 1.165) is 76.7 Å². The third kappa shape index (κ3) is 6.34. The van der Waals surface area contributed by atoms with E-state index in [4.69, 9.17) is 6.57 Å². The number of nitrogens with zero attached hydrogens (tertiary/aromatic N) is 5. The molecule has 9 nitrogen and oxygen atoms in total. The molecule has 4 fully saturated rings. The van der Waals surface area contributed by atoms with Crippen molar-refractivity contribution >= 4 is 34.7 Å². The van der Waals surface area contributed by atoms with Gasteiger partial charge < -0.3 is 25.3 Å². The quantitative estimate of drug-likeness (QED) is 0.468. The van der Waals surface area contributed by atoms with Crippen molar-refractivity contribution in [1.29, 1.82) is 0 Å². The van der Waals surface area contributed by atoms with Gasteiger partial charge in [-0.15, -0.1) is 0 Å². The second kappa shape index (κ2) is 12.3. The lowest BCUT2D eigenvalue weighted by Gasteiger charge is -2.53. The van der Waals surface area contributed by atoms with Gasteiger partial charge in [-0.3, -0.25) is 9.59 Å². The molecule has 0 atom stereocenters. The van der Waals surface area contributed by atoms with Crippen molar-refractivity contribution in [3.05, 3.63) is 53.5 Å². The van der Waals surface area contributed by atoms with Crippen LogP contribution in [0.1, 0.15) is 44.1 Å². The molecule has 2 N–H and O–H groups in total. The van der Waals surface area contributed by atoms with E-state index in [0.29, 0.717) is 48.8 Å². The molecular weight excluding hydrogens is 571 g/mol. The summed E-state index contributed by atoms with van der Waals surface area (Å²) in [6.07, 6.45) is 2.11. The number of aromatic nitrogens is 1. The number of nitrogens with one attached hydrogen (secondary N) is 2. The average molecular weight is 610 g/mol. The number of piperidine rings is 3. The van der Waals surface area contributed by atoms with Crippen molar-refractivity contribution in [2.24, 2.45) is 17.3 Å². The number of likely N-dealkylation sites (tertiary alicyclic amines) is 1. The molecule has 2 aromatic rings. The van der Waals surface area contributed by atoms with Crippen LogP contribution < -0.4 is 20.4 Å². The molecule has 1 spiro atoms. The van der Waals surface area contributed by atoms with E-state index in [2.05, 4.69) is 30.3 Å². The Hall–Kier alpha value is -3.85. The second-order valence-electron chi connectivity index (χ2n) is 12.7. The SMILES string of the molecule is [C-]#[N+]c1ccc(N2CCC(C(=O)Nc3ccc(N4CCC(C(=O)N5CC6(CCNCC6)C5)CC4)cn3)CC2)cc1C(F)(F)F. The summed E-state index contributed by atoms with van der Waals surface area (Å²) in [6.45, 7) is 13.4. The summed E-state index contributed by atoms with van der Waals surface area (Å²) in [7, 11) is 0. The van der Waals surface area contributed by atoms with Crippen LogP contribution in [0, 0.1) is 23.8 Å². The van der Waals surface area contributed by atoms with Gasteiger partial charge in [0.05, 0.1) is 24.0 Å². The minimum atomic E-state index is -4.60. The number of hydrogen-bond acceptors (Lipinski definition) is 6. The van der Waals surface area contributed by atoms with Crippen LogP contribution in [-0.4, -0.2) is 74.1 Å². The third-order valence-electron chi connectivity index (χ3n) is 9.87. The van der Waals surface area contributed by atoms with Crippen molar-refractivity contribution in [2.75, 3.05) is 67.5 Å². The Bertz CT molecular complexity index is 1390. The van der Waals surface area contributed by atoms with Gasteiger partial charge in [0.15, 0.2) is 5.69 Å². The number of carbonyl (C=O) groups is 2. The van der Waals surface area contributed by atoms with Gasteiger partial charge in [-0.2, -0.15) is 13.2 Å². The summed E-state index contributed by atoms with van der Waals surface area (Å²) >= 11 is 0. The Morgan fingerprint density at radius 3 is 2.14 bits per heavy atom. The first-order valence-corrected chi connectivity index (χ1v) is 15.5. The molecule has 0 aliphatic carbocycles. The molecule has 0 unspecified atom stereocenters. The van der Waals surface area contributed by atoms with Crippen LogP contribution in [0.5, 0.6) is 0 Å². The number of amides is 2. The number of rotatable bonds is 5. The number of carbonyl (C=O) groups excluding carboxylic acids is 2. The maximum Gasteiger partial charge on any atom is 0.407 e. The van der Waals surface area contributed by atoms with Crippen LogP contribution in [0.3, 0.4) is 0 Å². The smallest absolute Gasteiger partial charge is 0.372 e. The highest BCUT2D eigenvalue weighted by atomic mass is 19.4. The Labute approximate surface area is 255 Å². The fourth-order valence-electron chi connectivity index (χ4n) is 7.16. The van der Waals surface area contributed by atoms with E-state index in [1.165, 1.54) is 12.1 Å². The van der Waals surface area contributed by atoms with Gasteiger partial charge in [0, 0.05) is 62.2 Å². The van der Waals surface area contributed by atoms with Gasteiger partial charge in [-0.05, 0) is 75.9 Å². The predicted octanol–water partition coefficient (Wildman–Crippen LogP) is 4.93. The molecule has 234 valence electrons. The Morgan fingerprint density at radius 2 is 1.55 bits per heavy atom. The molecule has 2 amide bonds. The summed E-state index contributed by atoms with van der Waals surface area (Å²) in [5, 5.41) is 6.30. The molecule has 0 radical (unpaired) electrons. The zero-order chi connectivity index (χ0) is 30.9. The largest absolute Gasteiger partial charge is 0.407 e. The molecule has 4 aliphatic rings. The summed E-state index contributed by atoms with van der Waals surface area (Å²) in [4.78, 5) is 39.6. The van der Waals surface area contributed by atoms with Crippen molar-refractivity contribution in [3.63, 3.8) is 0 Å². The second-order valence-corrected chi connectivity index (χ2v) is 12.7. The normalized spacial score (nSPS) is 21.1. The highest BCUT2D eigenvalue weighted by Crippen LogP contribution is 2.41. The van der Waals surface area contributed by atoms with Crippen molar-refractivity contribution < 1.29 is 22.8 Å². The highest BCUT2D eigenvalue weighted by molar-refractivity contribution is 5.92. The van der Waals surface area contributed by atoms with Crippen LogP contribution >= 0.6 is 0 Å². The van der Waals surface area contributed by atoms with E-state index in [1.54, 1.807) is 12.3 Å². The number of pyridine rings is 1. The molecule has 6 rings (SSSR count). The van der Waals surface area contributed by atoms with E-state index < -0.39 is 17.4 Å². The lowest BCUT2D eigenvalue weighted by Crippen LogP contribution is -2.62. The van der Waals surface area contributed by atoms with E-state index in [9.17, 15) is 22.8 Å². The molecule has 1 aromatic heterocycles. The van der Waals surface area contributed by atoms with Gasteiger partial charge in [0.25, 0.3) is 0 Å². The minimum absolute atomic E-state index is 0.0769. The topological polar surface area (TPSA) is 85.2 Å². The number of alkyl halides is 3. The number of benzene rings is 1. The molecular formula is C32H38F3N7O2. The molecule has 0 saturated carbocycles. The van der Waals surface area contributed by atoms with Gasteiger partial charge in [0.2, 0.25) is 11.8 Å². The first-order chi connectivity index (χ1) is 21.1. The maximum atomic E-state index is 13.4. The van der Waals surface area contributed by atoms with E-state index in [-0.39, 0.29) is 17.7 Å². The fraction of sp³-hybridized carbons (Fsp3) is 0.562. The maximum absolute atomic E-state index is 13.4. The van der Waals surface area contributed by atoms with Crippen molar-refractivity contribution in [2.45, 2.75) is 44.7 Å². The van der Waals surface area contributed by atoms with Crippen molar-refractivity contribution in [3.8, 4) is 0 Å². The van der Waals surface area contributed by atoms with E-state index >= 15 is 0 Å². The standard InChI is InChI=1S/C32H38F3N7O2/c1-36-27-4-2-24(18-26(27)32(33,34)35)40-14-6-22(7-15-40)29(43)39-28-5-3-25(19-38-28)41-16-8-23(9-17-41)30(44)42-20-31(21-42)10-12-37-13-11-31/h2-5,18-19,22-23,37H,6-17,20-21H2,(H,38,39,43). The highest BCUT2D eigenvalue weighted by Gasteiger charge is 2.46. The minimum Gasteiger partial charge on any atom is -0.372 e. The van der Waals surface area contributed by atoms with Crippen LogP contribution in [-0.2, 0) is 15.8 Å². The Kier molecular flexibility index (Phi) is 8.42. The average Bonchev–Trinajstić information content (AvgIpc) is 3.03. The third-order valence-corrected chi connectivity index (χ3v) is 9.87. The molecule has 12 heteroatoms. The molecule has 44 heavy (non-hydrogen) atoms. The first kappa shape index (κ1) is 30.2.